The molecule has 1 saturated carbocycles. The lowest BCUT2D eigenvalue weighted by Crippen LogP contribution is -2.44. The number of carbonyl (C=O) groups is 1. The summed E-state index contributed by atoms with van der Waals surface area (Å²) in [6.45, 7) is 4.57. The normalized spacial score (nSPS) is 22.0. The average Bonchev–Trinajstić information content (AvgIpc) is 2.87. The van der Waals surface area contributed by atoms with Crippen LogP contribution in [0.4, 0.5) is 0 Å². The molecule has 2 atom stereocenters. The third kappa shape index (κ3) is 2.63. The molecule has 1 heterocycles. The molecule has 3 rings (SSSR count). The van der Waals surface area contributed by atoms with E-state index in [0.29, 0.717) is 18.2 Å². The summed E-state index contributed by atoms with van der Waals surface area (Å²) >= 11 is 0. The maximum atomic E-state index is 12.6. The highest BCUT2D eigenvalue weighted by Crippen LogP contribution is 2.29. The van der Waals surface area contributed by atoms with Gasteiger partial charge in [-0.1, -0.05) is 31.0 Å². The zero-order valence-electron chi connectivity index (χ0n) is 13.3. The van der Waals surface area contributed by atoms with E-state index in [4.69, 9.17) is 10.2 Å². The van der Waals surface area contributed by atoms with Crippen molar-refractivity contribution in [1.29, 1.82) is 0 Å². The summed E-state index contributed by atoms with van der Waals surface area (Å²) in [5.41, 5.74) is 8.62. The molecule has 0 radical (unpaired) electrons. The molecule has 118 valence electrons. The Labute approximate surface area is 131 Å². The minimum absolute atomic E-state index is 0.113. The van der Waals surface area contributed by atoms with E-state index < -0.39 is 0 Å². The quantitative estimate of drug-likeness (QED) is 0.914. The van der Waals surface area contributed by atoms with Crippen LogP contribution in [0.5, 0.6) is 0 Å². The third-order valence-electron chi connectivity index (χ3n) is 4.90. The monoisotopic (exact) mass is 300 g/mol. The average molecular weight is 300 g/mol. The fourth-order valence-electron chi connectivity index (χ4n) is 3.51. The number of nitrogens with two attached hydrogens (primary N) is 1. The lowest BCUT2D eigenvalue weighted by atomic mass is 9.84. The predicted octanol–water partition coefficient (Wildman–Crippen LogP) is 3.30. The molecule has 22 heavy (non-hydrogen) atoms. The molecular formula is C18H24N2O2. The molecule has 4 heteroatoms. The number of hydrogen-bond acceptors (Lipinski definition) is 3. The Morgan fingerprint density at radius 1 is 1.32 bits per heavy atom. The summed E-state index contributed by atoms with van der Waals surface area (Å²) < 4.78 is 5.86. The highest BCUT2D eigenvalue weighted by atomic mass is 16.3. The summed E-state index contributed by atoms with van der Waals surface area (Å²) in [6.07, 6.45) is 4.46. The molecule has 0 spiro atoms. The first-order chi connectivity index (χ1) is 10.6. The first-order valence-electron chi connectivity index (χ1n) is 8.11. The van der Waals surface area contributed by atoms with E-state index in [9.17, 15) is 4.79 Å². The molecule has 2 aromatic rings. The van der Waals surface area contributed by atoms with E-state index in [1.165, 1.54) is 6.42 Å². The largest absolute Gasteiger partial charge is 0.450 e. The van der Waals surface area contributed by atoms with Gasteiger partial charge in [0.2, 0.25) is 0 Å². The van der Waals surface area contributed by atoms with Gasteiger partial charge in [-0.05, 0) is 44.7 Å². The third-order valence-corrected chi connectivity index (χ3v) is 4.90. The standard InChI is InChI=1S/C18H24N2O2/c1-11-6-5-8-14-12(2)17(22-16(11)14)18(21)20-15-9-4-3-7-13(15)10-19/h5-6,8,13,15H,3-4,7,9-10,19H2,1-2H3,(H,20,21). The van der Waals surface area contributed by atoms with Gasteiger partial charge in [0.25, 0.3) is 5.91 Å². The number of benzene rings is 1. The molecule has 1 aromatic carbocycles. The van der Waals surface area contributed by atoms with Crippen LogP contribution in [0.1, 0.15) is 47.4 Å². The van der Waals surface area contributed by atoms with Crippen molar-refractivity contribution < 1.29 is 9.21 Å². The minimum atomic E-state index is -0.113. The van der Waals surface area contributed by atoms with Crippen molar-refractivity contribution in [3.05, 3.63) is 35.1 Å². The van der Waals surface area contributed by atoms with Crippen molar-refractivity contribution in [3.63, 3.8) is 0 Å². The van der Waals surface area contributed by atoms with E-state index in [1.807, 2.05) is 32.0 Å². The zero-order valence-corrected chi connectivity index (χ0v) is 13.3. The van der Waals surface area contributed by atoms with Crippen molar-refractivity contribution in [2.45, 2.75) is 45.6 Å². The van der Waals surface area contributed by atoms with Crippen molar-refractivity contribution in [3.8, 4) is 0 Å². The summed E-state index contributed by atoms with van der Waals surface area (Å²) in [7, 11) is 0. The molecule has 4 nitrogen and oxygen atoms in total. The Balaban J connectivity index is 1.86. The van der Waals surface area contributed by atoms with Crippen LogP contribution >= 0.6 is 0 Å². The van der Waals surface area contributed by atoms with Gasteiger partial charge in [0.1, 0.15) is 5.58 Å². The Bertz CT molecular complexity index is 690. The Hall–Kier alpha value is -1.81. The minimum Gasteiger partial charge on any atom is -0.450 e. The molecule has 3 N–H and O–H groups in total. The molecule has 1 aliphatic carbocycles. The van der Waals surface area contributed by atoms with Crippen LogP contribution in [-0.4, -0.2) is 18.5 Å². The SMILES string of the molecule is Cc1c(C(=O)NC2CCCCC2CN)oc2c(C)cccc12. The number of hydrogen-bond donors (Lipinski definition) is 2. The molecule has 1 fully saturated rings. The van der Waals surface area contributed by atoms with Gasteiger partial charge in [-0.3, -0.25) is 4.79 Å². The van der Waals surface area contributed by atoms with Gasteiger partial charge in [0.15, 0.2) is 5.76 Å². The van der Waals surface area contributed by atoms with Gasteiger partial charge >= 0.3 is 0 Å². The van der Waals surface area contributed by atoms with E-state index >= 15 is 0 Å². The predicted molar refractivity (Wildman–Crippen MR) is 88.0 cm³/mol. The maximum Gasteiger partial charge on any atom is 0.287 e. The smallest absolute Gasteiger partial charge is 0.287 e. The summed E-state index contributed by atoms with van der Waals surface area (Å²) in [4.78, 5) is 12.6. The van der Waals surface area contributed by atoms with Gasteiger partial charge in [-0.15, -0.1) is 0 Å². The second kappa shape index (κ2) is 6.13. The van der Waals surface area contributed by atoms with Crippen LogP contribution in [0.3, 0.4) is 0 Å². The summed E-state index contributed by atoms with van der Waals surface area (Å²) in [5.74, 6) is 0.702. The number of nitrogens with one attached hydrogen (secondary N) is 1. The van der Waals surface area contributed by atoms with Crippen LogP contribution in [0.15, 0.2) is 22.6 Å². The van der Waals surface area contributed by atoms with Crippen molar-refractivity contribution >= 4 is 16.9 Å². The van der Waals surface area contributed by atoms with Crippen LogP contribution in [0.25, 0.3) is 11.0 Å². The van der Waals surface area contributed by atoms with Crippen LogP contribution < -0.4 is 11.1 Å². The Morgan fingerprint density at radius 2 is 2.09 bits per heavy atom. The Morgan fingerprint density at radius 3 is 2.82 bits per heavy atom. The number of rotatable bonds is 3. The van der Waals surface area contributed by atoms with Gasteiger partial charge in [0, 0.05) is 17.0 Å². The number of carbonyl (C=O) groups excluding carboxylic acids is 1. The second-order valence-electron chi connectivity index (χ2n) is 6.37. The van der Waals surface area contributed by atoms with Crippen molar-refractivity contribution in [2.24, 2.45) is 11.7 Å². The van der Waals surface area contributed by atoms with Crippen LogP contribution in [0, 0.1) is 19.8 Å². The summed E-state index contributed by atoms with van der Waals surface area (Å²) in [6, 6.07) is 6.16. The summed E-state index contributed by atoms with van der Waals surface area (Å²) in [5, 5.41) is 4.16. The number of fused-ring (bicyclic) bond motifs is 1. The lowest BCUT2D eigenvalue weighted by molar-refractivity contribution is 0.0881. The van der Waals surface area contributed by atoms with Gasteiger partial charge < -0.3 is 15.5 Å². The van der Waals surface area contributed by atoms with Gasteiger partial charge in [-0.25, -0.2) is 0 Å². The molecule has 2 unspecified atom stereocenters. The molecule has 1 amide bonds. The number of furan rings is 1. The van der Waals surface area contributed by atoms with Crippen molar-refractivity contribution in [1.82, 2.24) is 5.32 Å². The number of amides is 1. The van der Waals surface area contributed by atoms with Crippen molar-refractivity contribution in [2.75, 3.05) is 6.54 Å². The van der Waals surface area contributed by atoms with E-state index in [-0.39, 0.29) is 11.9 Å². The molecule has 0 bridgehead atoms. The fourth-order valence-corrected chi connectivity index (χ4v) is 3.51. The van der Waals surface area contributed by atoms with Crippen LogP contribution in [0.2, 0.25) is 0 Å². The van der Waals surface area contributed by atoms with E-state index in [0.717, 1.165) is 41.4 Å². The highest BCUT2D eigenvalue weighted by Gasteiger charge is 2.27. The molecular weight excluding hydrogens is 276 g/mol. The number of aryl methyl sites for hydroxylation is 2. The second-order valence-corrected chi connectivity index (χ2v) is 6.37. The maximum absolute atomic E-state index is 12.6. The molecule has 0 saturated heterocycles. The Kier molecular flexibility index (Phi) is 4.21. The fraction of sp³-hybridized carbons (Fsp3) is 0.500. The van der Waals surface area contributed by atoms with E-state index in [2.05, 4.69) is 5.32 Å². The first-order valence-corrected chi connectivity index (χ1v) is 8.11. The van der Waals surface area contributed by atoms with Gasteiger partial charge in [0.05, 0.1) is 0 Å². The molecule has 0 aliphatic heterocycles. The topological polar surface area (TPSA) is 68.3 Å². The van der Waals surface area contributed by atoms with Gasteiger partial charge in [-0.2, -0.15) is 0 Å². The molecule has 1 aromatic heterocycles. The highest BCUT2D eigenvalue weighted by molar-refractivity contribution is 5.99. The van der Waals surface area contributed by atoms with Crippen LogP contribution in [-0.2, 0) is 0 Å². The van der Waals surface area contributed by atoms with E-state index in [1.54, 1.807) is 0 Å². The number of para-hydroxylation sites is 1. The zero-order chi connectivity index (χ0) is 15.7. The molecule has 1 aliphatic rings. The lowest BCUT2D eigenvalue weighted by Gasteiger charge is -2.31. The first kappa shape index (κ1) is 15.1.